The van der Waals surface area contributed by atoms with Gasteiger partial charge in [0.15, 0.2) is 4.77 Å². The molecule has 0 aliphatic carbocycles. The van der Waals surface area contributed by atoms with E-state index in [9.17, 15) is 0 Å². The van der Waals surface area contributed by atoms with Gasteiger partial charge in [-0.2, -0.15) is 0 Å². The van der Waals surface area contributed by atoms with Gasteiger partial charge >= 0.3 is 0 Å². The fraction of sp³-hybridized carbons (Fsp3) is 0.400. The Bertz CT molecular complexity index is 745. The van der Waals surface area contributed by atoms with Crippen LogP contribution in [0.2, 0.25) is 5.02 Å². The van der Waals surface area contributed by atoms with E-state index in [0.29, 0.717) is 22.9 Å². The average molecular weight is 376 g/mol. The minimum Gasteiger partial charge on any atom is -0.497 e. The standard InChI is InChI=1S/C15H18ClN3O2S.ClH/c1-20-12-5-9-4-11(8-21-14(9)13(16)6-12)19-10(2-3-17)7-18-15(19)22;/h5-7,11H,2-4,8,17H2,1H3,(H,18,22);1H. The van der Waals surface area contributed by atoms with Gasteiger partial charge in [-0.15, -0.1) is 12.4 Å². The lowest BCUT2D eigenvalue weighted by Crippen LogP contribution is -2.26. The van der Waals surface area contributed by atoms with Crippen LogP contribution < -0.4 is 15.2 Å². The largest absolute Gasteiger partial charge is 0.497 e. The summed E-state index contributed by atoms with van der Waals surface area (Å²) < 4.78 is 13.9. The number of methoxy groups -OCH3 is 1. The molecule has 0 spiro atoms. The first kappa shape index (κ1) is 18.1. The second-order valence-corrected chi connectivity index (χ2v) is 6.05. The third-order valence-corrected chi connectivity index (χ3v) is 4.46. The molecule has 2 heterocycles. The van der Waals surface area contributed by atoms with Gasteiger partial charge in [0, 0.05) is 36.4 Å². The Morgan fingerprint density at radius 3 is 3.00 bits per heavy atom. The summed E-state index contributed by atoms with van der Waals surface area (Å²) in [5.41, 5.74) is 7.80. The summed E-state index contributed by atoms with van der Waals surface area (Å²) in [4.78, 5) is 3.09. The summed E-state index contributed by atoms with van der Waals surface area (Å²) in [6.07, 6.45) is 3.48. The van der Waals surface area contributed by atoms with Gasteiger partial charge in [-0.05, 0) is 24.8 Å². The van der Waals surface area contributed by atoms with E-state index in [-0.39, 0.29) is 18.4 Å². The van der Waals surface area contributed by atoms with Gasteiger partial charge in [0.1, 0.15) is 18.1 Å². The second kappa shape index (κ2) is 7.57. The molecule has 0 bridgehead atoms. The average Bonchev–Trinajstić information content (AvgIpc) is 2.87. The van der Waals surface area contributed by atoms with Gasteiger partial charge in [0.05, 0.1) is 18.2 Å². The number of rotatable bonds is 4. The zero-order valence-electron chi connectivity index (χ0n) is 12.7. The maximum absolute atomic E-state index is 6.26. The molecule has 2 aromatic rings. The molecule has 126 valence electrons. The molecule has 3 rings (SSSR count). The predicted octanol–water partition coefficient (Wildman–Crippen LogP) is 3.31. The second-order valence-electron chi connectivity index (χ2n) is 5.26. The van der Waals surface area contributed by atoms with Crippen LogP contribution in [0.4, 0.5) is 0 Å². The summed E-state index contributed by atoms with van der Waals surface area (Å²) in [5, 5.41) is 0.577. The number of nitrogens with two attached hydrogens (primary N) is 1. The van der Waals surface area contributed by atoms with Crippen molar-refractivity contribution >= 4 is 36.2 Å². The number of H-pyrrole nitrogens is 1. The zero-order chi connectivity index (χ0) is 15.7. The molecule has 0 fully saturated rings. The van der Waals surface area contributed by atoms with Crippen LogP contribution in [0, 0.1) is 4.77 Å². The number of imidazole rings is 1. The van der Waals surface area contributed by atoms with E-state index < -0.39 is 0 Å². The number of hydrogen-bond acceptors (Lipinski definition) is 4. The summed E-state index contributed by atoms with van der Waals surface area (Å²) in [7, 11) is 1.63. The Morgan fingerprint density at radius 2 is 2.30 bits per heavy atom. The van der Waals surface area contributed by atoms with Crippen LogP contribution >= 0.6 is 36.2 Å². The normalized spacial score (nSPS) is 16.2. The number of ether oxygens (including phenoxy) is 2. The van der Waals surface area contributed by atoms with Crippen molar-refractivity contribution in [1.29, 1.82) is 0 Å². The van der Waals surface area contributed by atoms with Crippen molar-refractivity contribution in [2.75, 3.05) is 20.3 Å². The van der Waals surface area contributed by atoms with Crippen LogP contribution in [0.5, 0.6) is 11.5 Å². The Kier molecular flexibility index (Phi) is 5.97. The molecular formula is C15H19Cl2N3O2S. The number of aromatic nitrogens is 2. The molecule has 0 saturated carbocycles. The fourth-order valence-corrected chi connectivity index (χ4v) is 3.48. The third kappa shape index (κ3) is 3.50. The van der Waals surface area contributed by atoms with Gasteiger partial charge in [0.25, 0.3) is 0 Å². The molecule has 0 saturated heterocycles. The van der Waals surface area contributed by atoms with Gasteiger partial charge in [0.2, 0.25) is 0 Å². The van der Waals surface area contributed by atoms with Crippen molar-refractivity contribution in [2.24, 2.45) is 5.73 Å². The van der Waals surface area contributed by atoms with Crippen LogP contribution in [0.3, 0.4) is 0 Å². The van der Waals surface area contributed by atoms with Crippen LogP contribution in [-0.4, -0.2) is 29.8 Å². The molecule has 1 aliphatic heterocycles. The van der Waals surface area contributed by atoms with Crippen molar-refractivity contribution in [2.45, 2.75) is 18.9 Å². The third-order valence-electron chi connectivity index (χ3n) is 3.86. The summed E-state index contributed by atoms with van der Waals surface area (Å²) in [6.45, 7) is 1.11. The molecule has 23 heavy (non-hydrogen) atoms. The van der Waals surface area contributed by atoms with E-state index in [1.807, 2.05) is 12.3 Å². The SMILES string of the molecule is COc1cc(Cl)c2c(c1)CC(n1c(CCN)c[nH]c1=S)CO2.Cl. The highest BCUT2D eigenvalue weighted by molar-refractivity contribution is 7.71. The Balaban J connectivity index is 0.00000192. The van der Waals surface area contributed by atoms with Crippen LogP contribution in [0.15, 0.2) is 18.3 Å². The molecule has 1 aromatic heterocycles. The first-order valence-corrected chi connectivity index (χ1v) is 7.90. The van der Waals surface area contributed by atoms with Gasteiger partial charge in [-0.25, -0.2) is 0 Å². The Labute approximate surface area is 151 Å². The first-order valence-electron chi connectivity index (χ1n) is 7.12. The summed E-state index contributed by atoms with van der Waals surface area (Å²) in [6, 6.07) is 3.85. The molecule has 3 N–H and O–H groups in total. The molecule has 5 nitrogen and oxygen atoms in total. The molecule has 1 aliphatic rings. The fourth-order valence-electron chi connectivity index (χ4n) is 2.87. The van der Waals surface area contributed by atoms with E-state index in [4.69, 9.17) is 39.0 Å². The number of nitrogens with one attached hydrogen (secondary N) is 1. The van der Waals surface area contributed by atoms with E-state index in [1.54, 1.807) is 13.2 Å². The lowest BCUT2D eigenvalue weighted by atomic mass is 10.0. The maximum Gasteiger partial charge on any atom is 0.177 e. The molecule has 0 radical (unpaired) electrons. The highest BCUT2D eigenvalue weighted by Crippen LogP contribution is 2.39. The quantitative estimate of drug-likeness (QED) is 0.804. The monoisotopic (exact) mass is 375 g/mol. The molecular weight excluding hydrogens is 357 g/mol. The lowest BCUT2D eigenvalue weighted by molar-refractivity contribution is 0.220. The lowest BCUT2D eigenvalue weighted by Gasteiger charge is -2.28. The van der Waals surface area contributed by atoms with Crippen LogP contribution in [-0.2, 0) is 12.8 Å². The molecule has 0 amide bonds. The Morgan fingerprint density at radius 1 is 1.52 bits per heavy atom. The number of hydrogen-bond donors (Lipinski definition) is 2. The van der Waals surface area contributed by atoms with Crippen LogP contribution in [0.1, 0.15) is 17.3 Å². The number of halogens is 2. The van der Waals surface area contributed by atoms with E-state index in [1.165, 1.54) is 0 Å². The maximum atomic E-state index is 6.26. The van der Waals surface area contributed by atoms with Crippen LogP contribution in [0.25, 0.3) is 0 Å². The van der Waals surface area contributed by atoms with E-state index in [0.717, 1.165) is 35.6 Å². The van der Waals surface area contributed by atoms with Crippen molar-refractivity contribution < 1.29 is 9.47 Å². The van der Waals surface area contributed by atoms with E-state index in [2.05, 4.69) is 9.55 Å². The highest BCUT2D eigenvalue weighted by atomic mass is 35.5. The van der Waals surface area contributed by atoms with Gasteiger partial charge in [-0.3, -0.25) is 0 Å². The molecule has 1 unspecified atom stereocenters. The van der Waals surface area contributed by atoms with Crippen molar-refractivity contribution in [3.8, 4) is 11.5 Å². The highest BCUT2D eigenvalue weighted by Gasteiger charge is 2.26. The van der Waals surface area contributed by atoms with Crippen molar-refractivity contribution in [3.63, 3.8) is 0 Å². The molecule has 1 atom stereocenters. The number of nitrogens with zero attached hydrogens (tertiary/aromatic N) is 1. The van der Waals surface area contributed by atoms with Crippen molar-refractivity contribution in [3.05, 3.63) is 39.4 Å². The van der Waals surface area contributed by atoms with Gasteiger partial charge in [-0.1, -0.05) is 11.6 Å². The minimum absolute atomic E-state index is 0. The smallest absolute Gasteiger partial charge is 0.177 e. The summed E-state index contributed by atoms with van der Waals surface area (Å²) in [5.74, 6) is 1.47. The molecule has 1 aromatic carbocycles. The number of fused-ring (bicyclic) bond motifs is 1. The number of benzene rings is 1. The Hall–Kier alpha value is -1.21. The molecule has 8 heteroatoms. The zero-order valence-corrected chi connectivity index (χ0v) is 15.1. The summed E-state index contributed by atoms with van der Waals surface area (Å²) >= 11 is 11.7. The predicted molar refractivity (Wildman–Crippen MR) is 95.9 cm³/mol. The van der Waals surface area contributed by atoms with Gasteiger partial charge < -0.3 is 24.8 Å². The first-order chi connectivity index (χ1) is 10.6. The topological polar surface area (TPSA) is 65.2 Å². The minimum atomic E-state index is 0. The van der Waals surface area contributed by atoms with E-state index >= 15 is 0 Å². The number of aromatic amines is 1. The van der Waals surface area contributed by atoms with Crippen molar-refractivity contribution in [1.82, 2.24) is 9.55 Å².